The van der Waals surface area contributed by atoms with Gasteiger partial charge < -0.3 is 0 Å². The molecule has 0 saturated carbocycles. The van der Waals surface area contributed by atoms with Crippen LogP contribution in [0.15, 0.2) is 30.5 Å². The van der Waals surface area contributed by atoms with Gasteiger partial charge >= 0.3 is 0 Å². The van der Waals surface area contributed by atoms with Crippen molar-refractivity contribution < 1.29 is 13.2 Å². The van der Waals surface area contributed by atoms with Crippen LogP contribution in [0.4, 0.5) is 13.2 Å². The summed E-state index contributed by atoms with van der Waals surface area (Å²) in [4.78, 5) is 8.26. The SMILES string of the molecule is Fc1ccc(-n2c(CCl)nc3cccnc32)c(F)c1F. The van der Waals surface area contributed by atoms with Crippen LogP contribution >= 0.6 is 11.6 Å². The highest BCUT2D eigenvalue weighted by Gasteiger charge is 2.19. The molecule has 0 aliphatic heterocycles. The second-order valence-corrected chi connectivity index (χ2v) is 4.30. The lowest BCUT2D eigenvalue weighted by atomic mass is 10.2. The molecule has 0 aliphatic carbocycles. The molecule has 0 aliphatic rings. The normalized spacial score (nSPS) is 11.2. The van der Waals surface area contributed by atoms with Crippen LogP contribution in [-0.4, -0.2) is 14.5 Å². The van der Waals surface area contributed by atoms with Crippen molar-refractivity contribution in [2.24, 2.45) is 0 Å². The summed E-state index contributed by atoms with van der Waals surface area (Å²) in [7, 11) is 0. The Bertz CT molecular complexity index is 801. The Kier molecular flexibility index (Phi) is 3.10. The van der Waals surface area contributed by atoms with E-state index >= 15 is 0 Å². The third-order valence-electron chi connectivity index (χ3n) is 2.86. The molecule has 0 atom stereocenters. The van der Waals surface area contributed by atoms with Crippen LogP contribution in [-0.2, 0) is 5.88 Å². The summed E-state index contributed by atoms with van der Waals surface area (Å²) in [6, 6.07) is 5.31. The van der Waals surface area contributed by atoms with Gasteiger partial charge in [-0.1, -0.05) is 0 Å². The first kappa shape index (κ1) is 12.9. The maximum Gasteiger partial charge on any atom is 0.196 e. The Balaban J connectivity index is 2.37. The van der Waals surface area contributed by atoms with Crippen molar-refractivity contribution in [1.29, 1.82) is 0 Å². The molecule has 20 heavy (non-hydrogen) atoms. The van der Waals surface area contributed by atoms with E-state index in [1.54, 1.807) is 12.1 Å². The van der Waals surface area contributed by atoms with Crippen LogP contribution in [0.1, 0.15) is 5.82 Å². The number of aromatic nitrogens is 3. The molecule has 0 spiro atoms. The van der Waals surface area contributed by atoms with Gasteiger partial charge in [-0.25, -0.2) is 23.1 Å². The lowest BCUT2D eigenvalue weighted by molar-refractivity contribution is 0.444. The first-order valence-corrected chi connectivity index (χ1v) is 6.19. The fraction of sp³-hybridized carbons (Fsp3) is 0.0769. The van der Waals surface area contributed by atoms with E-state index in [0.29, 0.717) is 17.0 Å². The van der Waals surface area contributed by atoms with Gasteiger partial charge in [-0.3, -0.25) is 4.57 Å². The molecule has 0 bridgehead atoms. The fourth-order valence-electron chi connectivity index (χ4n) is 1.99. The van der Waals surface area contributed by atoms with Crippen molar-refractivity contribution in [2.45, 2.75) is 5.88 Å². The molecule has 0 amide bonds. The highest BCUT2D eigenvalue weighted by Crippen LogP contribution is 2.25. The van der Waals surface area contributed by atoms with E-state index < -0.39 is 17.5 Å². The second-order valence-electron chi connectivity index (χ2n) is 4.04. The van der Waals surface area contributed by atoms with Gasteiger partial charge in [0.1, 0.15) is 11.3 Å². The highest BCUT2D eigenvalue weighted by molar-refractivity contribution is 6.16. The molecule has 3 rings (SSSR count). The molecule has 0 N–H and O–H groups in total. The number of benzene rings is 1. The van der Waals surface area contributed by atoms with Gasteiger partial charge in [-0.05, 0) is 24.3 Å². The van der Waals surface area contributed by atoms with Gasteiger partial charge in [0.2, 0.25) is 0 Å². The molecule has 0 fully saturated rings. The summed E-state index contributed by atoms with van der Waals surface area (Å²) in [6.07, 6.45) is 1.50. The Hall–Kier alpha value is -2.08. The second kappa shape index (κ2) is 4.79. The van der Waals surface area contributed by atoms with Gasteiger partial charge in [0.15, 0.2) is 23.1 Å². The standard InChI is InChI=1S/C13H7ClF3N3/c14-6-10-19-8-2-1-5-18-13(8)20(10)9-4-3-7(15)11(16)12(9)17/h1-5H,6H2. The third kappa shape index (κ3) is 1.84. The van der Waals surface area contributed by atoms with E-state index in [1.165, 1.54) is 10.8 Å². The molecular formula is C13H7ClF3N3. The van der Waals surface area contributed by atoms with Crippen LogP contribution in [0.25, 0.3) is 16.9 Å². The summed E-state index contributed by atoms with van der Waals surface area (Å²) in [5.41, 5.74) is 0.640. The summed E-state index contributed by atoms with van der Waals surface area (Å²) in [5.74, 6) is -3.82. The van der Waals surface area contributed by atoms with E-state index in [4.69, 9.17) is 11.6 Å². The minimum absolute atomic E-state index is 0.0191. The summed E-state index contributed by atoms with van der Waals surface area (Å²) >= 11 is 5.78. The Labute approximate surface area is 116 Å². The van der Waals surface area contributed by atoms with Gasteiger partial charge in [0, 0.05) is 6.20 Å². The van der Waals surface area contributed by atoms with Crippen molar-refractivity contribution in [3.8, 4) is 5.69 Å². The quantitative estimate of drug-likeness (QED) is 0.535. The first-order valence-electron chi connectivity index (χ1n) is 5.65. The van der Waals surface area contributed by atoms with E-state index in [9.17, 15) is 13.2 Å². The maximum absolute atomic E-state index is 13.9. The minimum Gasteiger partial charge on any atom is -0.277 e. The minimum atomic E-state index is -1.54. The molecule has 1 aromatic carbocycles. The number of alkyl halides is 1. The molecule has 0 radical (unpaired) electrons. The number of hydrogen-bond acceptors (Lipinski definition) is 2. The number of imidazole rings is 1. The molecule has 2 heterocycles. The lowest BCUT2D eigenvalue weighted by Crippen LogP contribution is -2.05. The summed E-state index contributed by atoms with van der Waals surface area (Å²) < 4.78 is 41.6. The number of hydrogen-bond donors (Lipinski definition) is 0. The number of nitrogens with zero attached hydrogens (tertiary/aromatic N) is 3. The molecule has 3 aromatic rings. The average Bonchev–Trinajstić information content (AvgIpc) is 2.84. The van der Waals surface area contributed by atoms with Gasteiger partial charge in [0.05, 0.1) is 11.6 Å². The van der Waals surface area contributed by atoms with E-state index in [-0.39, 0.29) is 11.6 Å². The third-order valence-corrected chi connectivity index (χ3v) is 3.10. The summed E-state index contributed by atoms with van der Waals surface area (Å²) in [5, 5.41) is 0. The van der Waals surface area contributed by atoms with Crippen molar-refractivity contribution in [3.63, 3.8) is 0 Å². The smallest absolute Gasteiger partial charge is 0.196 e. The van der Waals surface area contributed by atoms with Crippen LogP contribution in [0.5, 0.6) is 0 Å². The summed E-state index contributed by atoms with van der Waals surface area (Å²) in [6.45, 7) is 0. The largest absolute Gasteiger partial charge is 0.277 e. The van der Waals surface area contributed by atoms with Crippen molar-refractivity contribution in [1.82, 2.24) is 14.5 Å². The Morgan fingerprint density at radius 2 is 1.90 bits per heavy atom. The van der Waals surface area contributed by atoms with Crippen LogP contribution in [0.3, 0.4) is 0 Å². The zero-order valence-corrected chi connectivity index (χ0v) is 10.7. The Morgan fingerprint density at radius 3 is 2.65 bits per heavy atom. The van der Waals surface area contributed by atoms with Gasteiger partial charge in [-0.2, -0.15) is 0 Å². The molecule has 3 nitrogen and oxygen atoms in total. The molecule has 7 heteroatoms. The average molecular weight is 298 g/mol. The van der Waals surface area contributed by atoms with Crippen LogP contribution < -0.4 is 0 Å². The molecular weight excluding hydrogens is 291 g/mol. The van der Waals surface area contributed by atoms with Crippen LogP contribution in [0, 0.1) is 17.5 Å². The molecule has 2 aromatic heterocycles. The van der Waals surface area contributed by atoms with Crippen molar-refractivity contribution >= 4 is 22.8 Å². The van der Waals surface area contributed by atoms with Crippen molar-refractivity contribution in [2.75, 3.05) is 0 Å². The predicted molar refractivity (Wildman–Crippen MR) is 68.3 cm³/mol. The number of rotatable bonds is 2. The van der Waals surface area contributed by atoms with E-state index in [2.05, 4.69) is 9.97 Å². The maximum atomic E-state index is 13.9. The van der Waals surface area contributed by atoms with Crippen LogP contribution in [0.2, 0.25) is 0 Å². The Morgan fingerprint density at radius 1 is 1.10 bits per heavy atom. The van der Waals surface area contributed by atoms with E-state index in [1.807, 2.05) is 0 Å². The zero-order chi connectivity index (χ0) is 14.3. The van der Waals surface area contributed by atoms with Gasteiger partial charge in [0.25, 0.3) is 0 Å². The number of pyridine rings is 1. The van der Waals surface area contributed by atoms with E-state index in [0.717, 1.165) is 12.1 Å². The molecule has 0 saturated heterocycles. The fourth-order valence-corrected chi connectivity index (χ4v) is 2.17. The predicted octanol–water partition coefficient (Wildman–Crippen LogP) is 3.58. The highest BCUT2D eigenvalue weighted by atomic mass is 35.5. The number of halogens is 4. The molecule has 102 valence electrons. The lowest BCUT2D eigenvalue weighted by Gasteiger charge is -2.09. The van der Waals surface area contributed by atoms with Gasteiger partial charge in [-0.15, -0.1) is 11.6 Å². The number of fused-ring (bicyclic) bond motifs is 1. The molecule has 0 unspecified atom stereocenters. The topological polar surface area (TPSA) is 30.7 Å². The monoisotopic (exact) mass is 297 g/mol. The first-order chi connectivity index (χ1) is 9.63. The zero-order valence-electron chi connectivity index (χ0n) is 9.95. The van der Waals surface area contributed by atoms with Crippen molar-refractivity contribution in [3.05, 3.63) is 53.7 Å².